The van der Waals surface area contributed by atoms with Crippen molar-refractivity contribution in [3.8, 4) is 11.6 Å². The number of aromatic nitrogens is 2. The molecule has 148 valence electrons. The Bertz CT molecular complexity index is 916. The van der Waals surface area contributed by atoms with Gasteiger partial charge in [0.15, 0.2) is 11.6 Å². The van der Waals surface area contributed by atoms with Crippen molar-refractivity contribution in [1.29, 1.82) is 0 Å². The molecular formula is C20H24ClN5O2. The molecule has 8 heteroatoms. The summed E-state index contributed by atoms with van der Waals surface area (Å²) in [4.78, 5) is 9.12. The number of aryl methyl sites for hydroxylation is 1. The number of fused-ring (bicyclic) bond motifs is 1. The minimum atomic E-state index is 0.466. The van der Waals surface area contributed by atoms with Gasteiger partial charge in [-0.15, -0.1) is 0 Å². The summed E-state index contributed by atoms with van der Waals surface area (Å²) in [5.74, 6) is 2.27. The highest BCUT2D eigenvalue weighted by Gasteiger charge is 2.26. The topological polar surface area (TPSA) is 80.3 Å². The van der Waals surface area contributed by atoms with Crippen LogP contribution in [0.4, 0.5) is 17.3 Å². The summed E-state index contributed by atoms with van der Waals surface area (Å²) < 4.78 is 11.7. The predicted molar refractivity (Wildman–Crippen MR) is 112 cm³/mol. The van der Waals surface area contributed by atoms with Gasteiger partial charge in [0.1, 0.15) is 19.0 Å². The third-order valence-electron chi connectivity index (χ3n) is 4.73. The van der Waals surface area contributed by atoms with Crippen molar-refractivity contribution in [3.05, 3.63) is 34.5 Å². The number of halogens is 1. The van der Waals surface area contributed by atoms with Crippen LogP contribution in [-0.4, -0.2) is 43.3 Å². The summed E-state index contributed by atoms with van der Waals surface area (Å²) in [6.07, 6.45) is 4.12. The molecule has 0 radical (unpaired) electrons. The number of ether oxygens (including phenoxy) is 2. The van der Waals surface area contributed by atoms with E-state index in [2.05, 4.69) is 32.0 Å². The molecule has 4 heterocycles. The van der Waals surface area contributed by atoms with Gasteiger partial charge in [0.2, 0.25) is 0 Å². The maximum Gasteiger partial charge on any atom is 0.259 e. The second-order valence-electron chi connectivity index (χ2n) is 6.78. The molecule has 4 rings (SSSR count). The van der Waals surface area contributed by atoms with Crippen LogP contribution in [0.5, 0.6) is 11.6 Å². The second kappa shape index (κ2) is 8.24. The van der Waals surface area contributed by atoms with Gasteiger partial charge < -0.3 is 25.4 Å². The average Bonchev–Trinajstić information content (AvgIpc) is 2.97. The van der Waals surface area contributed by atoms with Gasteiger partial charge in [0.05, 0.1) is 5.02 Å². The summed E-state index contributed by atoms with van der Waals surface area (Å²) in [5.41, 5.74) is 3.86. The van der Waals surface area contributed by atoms with Gasteiger partial charge in [-0.2, -0.15) is 4.98 Å². The van der Waals surface area contributed by atoms with Crippen LogP contribution < -0.4 is 25.4 Å². The molecule has 3 N–H and O–H groups in total. The molecule has 0 bridgehead atoms. The zero-order chi connectivity index (χ0) is 19.5. The van der Waals surface area contributed by atoms with Gasteiger partial charge in [-0.3, -0.25) is 0 Å². The summed E-state index contributed by atoms with van der Waals surface area (Å²) in [5, 5.41) is 10.3. The molecule has 0 atom stereocenters. The number of hydrogen-bond donors (Lipinski definition) is 3. The summed E-state index contributed by atoms with van der Waals surface area (Å²) in [6.45, 7) is 4.68. The van der Waals surface area contributed by atoms with Crippen molar-refractivity contribution >= 4 is 34.5 Å². The Morgan fingerprint density at radius 2 is 2.04 bits per heavy atom. The first-order valence-corrected chi connectivity index (χ1v) is 9.86. The molecule has 0 unspecified atom stereocenters. The number of anilines is 3. The lowest BCUT2D eigenvalue weighted by Crippen LogP contribution is -2.18. The molecule has 2 aromatic heterocycles. The molecule has 0 fully saturated rings. The maximum absolute atomic E-state index is 6.83. The van der Waals surface area contributed by atoms with E-state index in [9.17, 15) is 0 Å². The Labute approximate surface area is 169 Å². The molecule has 0 amide bonds. The summed E-state index contributed by atoms with van der Waals surface area (Å²) in [7, 11) is 1.87. The standard InChI is InChI=1S/C20H24ClN5O2/c1-12-10-14(22-2)11-15(24-12)25-19-17(21)16(13-4-3-6-23-7-5-13)18-20(26-19)28-9-8-27-18/h5,10-11,23H,3-4,6-9H2,1-2H3,(H2,22,24,25,26). The third kappa shape index (κ3) is 3.86. The first-order chi connectivity index (χ1) is 13.7. The van der Waals surface area contributed by atoms with E-state index in [0.29, 0.717) is 41.5 Å². The molecule has 0 spiro atoms. The van der Waals surface area contributed by atoms with E-state index < -0.39 is 0 Å². The fourth-order valence-electron chi connectivity index (χ4n) is 3.44. The zero-order valence-electron chi connectivity index (χ0n) is 16.1. The molecule has 2 aromatic rings. The highest BCUT2D eigenvalue weighted by Crippen LogP contribution is 2.45. The maximum atomic E-state index is 6.83. The lowest BCUT2D eigenvalue weighted by molar-refractivity contribution is 0.164. The van der Waals surface area contributed by atoms with Crippen LogP contribution in [0.1, 0.15) is 24.1 Å². The molecule has 2 aliphatic rings. The van der Waals surface area contributed by atoms with Crippen molar-refractivity contribution in [2.45, 2.75) is 19.8 Å². The van der Waals surface area contributed by atoms with Crippen molar-refractivity contribution in [2.75, 3.05) is 44.0 Å². The number of allylic oxidation sites excluding steroid dienone is 1. The Hall–Kier alpha value is -2.51. The largest absolute Gasteiger partial charge is 0.484 e. The quantitative estimate of drug-likeness (QED) is 0.719. The zero-order valence-corrected chi connectivity index (χ0v) is 16.8. The molecular weight excluding hydrogens is 378 g/mol. The van der Waals surface area contributed by atoms with Crippen LogP contribution in [0, 0.1) is 6.92 Å². The van der Waals surface area contributed by atoms with E-state index in [4.69, 9.17) is 21.1 Å². The van der Waals surface area contributed by atoms with Crippen molar-refractivity contribution < 1.29 is 9.47 Å². The van der Waals surface area contributed by atoms with E-state index in [0.717, 1.165) is 48.4 Å². The van der Waals surface area contributed by atoms with Gasteiger partial charge in [-0.25, -0.2) is 4.98 Å². The van der Waals surface area contributed by atoms with E-state index in [1.807, 2.05) is 26.1 Å². The summed E-state index contributed by atoms with van der Waals surface area (Å²) in [6, 6.07) is 3.88. The normalized spacial score (nSPS) is 16.2. The van der Waals surface area contributed by atoms with Crippen LogP contribution in [-0.2, 0) is 0 Å². The minimum absolute atomic E-state index is 0.466. The first-order valence-electron chi connectivity index (χ1n) is 9.48. The molecule has 0 saturated heterocycles. The van der Waals surface area contributed by atoms with E-state index in [1.165, 1.54) is 0 Å². The lowest BCUT2D eigenvalue weighted by atomic mass is 10.0. The smallest absolute Gasteiger partial charge is 0.259 e. The minimum Gasteiger partial charge on any atom is -0.484 e. The molecule has 7 nitrogen and oxygen atoms in total. The Morgan fingerprint density at radius 3 is 2.89 bits per heavy atom. The first kappa shape index (κ1) is 18.8. The Morgan fingerprint density at radius 1 is 1.18 bits per heavy atom. The molecule has 0 aliphatic carbocycles. The number of nitrogens with one attached hydrogen (secondary N) is 3. The lowest BCUT2D eigenvalue weighted by Gasteiger charge is -2.24. The molecule has 28 heavy (non-hydrogen) atoms. The predicted octanol–water partition coefficient (Wildman–Crippen LogP) is 3.76. The van der Waals surface area contributed by atoms with Crippen LogP contribution >= 0.6 is 11.6 Å². The fraction of sp³-hybridized carbons (Fsp3) is 0.400. The van der Waals surface area contributed by atoms with E-state index >= 15 is 0 Å². The highest BCUT2D eigenvalue weighted by molar-refractivity contribution is 6.35. The Balaban J connectivity index is 1.79. The third-order valence-corrected chi connectivity index (χ3v) is 5.10. The van der Waals surface area contributed by atoms with Crippen LogP contribution in [0.15, 0.2) is 18.2 Å². The van der Waals surface area contributed by atoms with Crippen molar-refractivity contribution in [3.63, 3.8) is 0 Å². The van der Waals surface area contributed by atoms with Crippen LogP contribution in [0.3, 0.4) is 0 Å². The van der Waals surface area contributed by atoms with Gasteiger partial charge in [0, 0.05) is 36.6 Å². The van der Waals surface area contributed by atoms with Gasteiger partial charge in [0.25, 0.3) is 5.88 Å². The Kier molecular flexibility index (Phi) is 5.54. The fourth-order valence-corrected chi connectivity index (χ4v) is 3.74. The van der Waals surface area contributed by atoms with Gasteiger partial charge in [-0.1, -0.05) is 17.7 Å². The number of pyridine rings is 2. The van der Waals surface area contributed by atoms with Gasteiger partial charge >= 0.3 is 0 Å². The monoisotopic (exact) mass is 401 g/mol. The average molecular weight is 402 g/mol. The number of rotatable bonds is 4. The molecule has 2 aliphatic heterocycles. The van der Waals surface area contributed by atoms with Crippen LogP contribution in [0.25, 0.3) is 5.57 Å². The van der Waals surface area contributed by atoms with E-state index in [1.54, 1.807) is 0 Å². The van der Waals surface area contributed by atoms with Crippen molar-refractivity contribution in [2.24, 2.45) is 0 Å². The number of nitrogens with zero attached hydrogens (tertiary/aromatic N) is 2. The van der Waals surface area contributed by atoms with Crippen molar-refractivity contribution in [1.82, 2.24) is 15.3 Å². The molecule has 0 aromatic carbocycles. The van der Waals surface area contributed by atoms with Crippen LogP contribution in [0.2, 0.25) is 5.02 Å². The molecule has 0 saturated carbocycles. The highest BCUT2D eigenvalue weighted by atomic mass is 35.5. The second-order valence-corrected chi connectivity index (χ2v) is 7.15. The van der Waals surface area contributed by atoms with Gasteiger partial charge in [-0.05, 0) is 37.9 Å². The SMILES string of the molecule is CNc1cc(C)nc(Nc2nc3c(c(C4=CCNCCC4)c2Cl)OCCO3)c1. The summed E-state index contributed by atoms with van der Waals surface area (Å²) >= 11 is 6.83. The van der Waals surface area contributed by atoms with E-state index in [-0.39, 0.29) is 0 Å². The number of hydrogen-bond acceptors (Lipinski definition) is 7.